The lowest BCUT2D eigenvalue weighted by Gasteiger charge is -1.98. The molecule has 5 heteroatoms. The maximum Gasteiger partial charge on any atom is 0.303 e. The molecule has 2 aromatic rings. The van der Waals surface area contributed by atoms with Crippen molar-refractivity contribution < 1.29 is 14.3 Å². The molecular formula is C11H11FN2O2. The second-order valence-electron chi connectivity index (χ2n) is 3.60. The number of aromatic nitrogens is 1. The smallest absolute Gasteiger partial charge is 0.303 e. The number of benzene rings is 1. The van der Waals surface area contributed by atoms with Gasteiger partial charge in [-0.3, -0.25) is 4.79 Å². The van der Waals surface area contributed by atoms with Crippen molar-refractivity contribution in [1.82, 2.24) is 4.98 Å². The van der Waals surface area contributed by atoms with Crippen LogP contribution in [0.25, 0.3) is 10.9 Å². The topological polar surface area (TPSA) is 79.1 Å². The molecule has 1 aromatic carbocycles. The van der Waals surface area contributed by atoms with Crippen LogP contribution in [0.3, 0.4) is 0 Å². The molecule has 0 aliphatic rings. The maximum absolute atomic E-state index is 12.9. The van der Waals surface area contributed by atoms with Crippen molar-refractivity contribution >= 4 is 22.7 Å². The number of rotatable bonds is 3. The maximum atomic E-state index is 12.9. The van der Waals surface area contributed by atoms with Crippen molar-refractivity contribution in [2.45, 2.75) is 12.8 Å². The molecule has 0 aliphatic heterocycles. The van der Waals surface area contributed by atoms with Gasteiger partial charge in [-0.15, -0.1) is 0 Å². The highest BCUT2D eigenvalue weighted by atomic mass is 19.1. The van der Waals surface area contributed by atoms with Gasteiger partial charge in [-0.05, 0) is 24.6 Å². The largest absolute Gasteiger partial charge is 0.481 e. The van der Waals surface area contributed by atoms with Crippen LogP contribution in [-0.4, -0.2) is 16.1 Å². The van der Waals surface area contributed by atoms with Gasteiger partial charge < -0.3 is 15.8 Å². The van der Waals surface area contributed by atoms with Crippen LogP contribution in [0, 0.1) is 5.82 Å². The number of fused-ring (bicyclic) bond motifs is 1. The van der Waals surface area contributed by atoms with E-state index in [9.17, 15) is 9.18 Å². The van der Waals surface area contributed by atoms with Gasteiger partial charge in [0, 0.05) is 17.4 Å². The zero-order valence-corrected chi connectivity index (χ0v) is 8.46. The fourth-order valence-electron chi connectivity index (χ4n) is 1.75. The molecule has 2 rings (SSSR count). The van der Waals surface area contributed by atoms with E-state index in [1.807, 2.05) is 0 Å². The minimum atomic E-state index is -0.879. The Morgan fingerprint density at radius 3 is 2.94 bits per heavy atom. The van der Waals surface area contributed by atoms with Crippen LogP contribution >= 0.6 is 0 Å². The Kier molecular flexibility index (Phi) is 2.52. The van der Waals surface area contributed by atoms with Crippen molar-refractivity contribution in [3.8, 4) is 0 Å². The fraction of sp³-hybridized carbons (Fsp3) is 0.182. The molecule has 1 heterocycles. The minimum absolute atomic E-state index is 0.00846. The summed E-state index contributed by atoms with van der Waals surface area (Å²) in [5, 5.41) is 9.39. The number of nitrogens with two attached hydrogens (primary N) is 1. The fourth-order valence-corrected chi connectivity index (χ4v) is 1.75. The first-order chi connectivity index (χ1) is 7.58. The molecular weight excluding hydrogens is 211 g/mol. The van der Waals surface area contributed by atoms with Gasteiger partial charge in [-0.2, -0.15) is 0 Å². The van der Waals surface area contributed by atoms with Crippen molar-refractivity contribution in [3.05, 3.63) is 29.6 Å². The van der Waals surface area contributed by atoms with E-state index >= 15 is 0 Å². The molecule has 0 saturated heterocycles. The molecule has 4 N–H and O–H groups in total. The number of hydrogen-bond acceptors (Lipinski definition) is 2. The van der Waals surface area contributed by atoms with E-state index in [2.05, 4.69) is 4.98 Å². The number of halogens is 1. The summed E-state index contributed by atoms with van der Waals surface area (Å²) in [4.78, 5) is 13.3. The summed E-state index contributed by atoms with van der Waals surface area (Å²) in [6, 6.07) is 4.28. The number of hydrogen-bond donors (Lipinski definition) is 3. The molecule has 0 aliphatic carbocycles. The van der Waals surface area contributed by atoms with Gasteiger partial charge in [0.1, 0.15) is 11.6 Å². The first kappa shape index (κ1) is 10.5. The quantitative estimate of drug-likeness (QED) is 0.742. The lowest BCUT2D eigenvalue weighted by atomic mass is 10.1. The van der Waals surface area contributed by atoms with E-state index in [4.69, 9.17) is 10.8 Å². The molecule has 0 spiro atoms. The molecule has 0 saturated carbocycles. The Balaban J connectivity index is 2.43. The Hall–Kier alpha value is -2.04. The Labute approximate surface area is 90.9 Å². The van der Waals surface area contributed by atoms with Crippen LogP contribution in [0.4, 0.5) is 10.2 Å². The molecule has 0 amide bonds. The number of carboxylic acid groups (broad SMARTS) is 1. The minimum Gasteiger partial charge on any atom is -0.481 e. The number of aliphatic carboxylic acids is 1. The predicted molar refractivity (Wildman–Crippen MR) is 58.6 cm³/mol. The summed E-state index contributed by atoms with van der Waals surface area (Å²) < 4.78 is 12.9. The monoisotopic (exact) mass is 222 g/mol. The zero-order chi connectivity index (χ0) is 11.7. The highest BCUT2D eigenvalue weighted by Gasteiger charge is 2.10. The van der Waals surface area contributed by atoms with Crippen LogP contribution in [0.15, 0.2) is 18.2 Å². The van der Waals surface area contributed by atoms with Crippen LogP contribution in [0.1, 0.15) is 12.0 Å². The van der Waals surface area contributed by atoms with E-state index < -0.39 is 5.97 Å². The van der Waals surface area contributed by atoms with Gasteiger partial charge in [0.15, 0.2) is 0 Å². The van der Waals surface area contributed by atoms with Crippen LogP contribution < -0.4 is 5.73 Å². The van der Waals surface area contributed by atoms with E-state index in [0.717, 1.165) is 10.9 Å². The molecule has 0 atom stereocenters. The van der Waals surface area contributed by atoms with Gasteiger partial charge in [-0.1, -0.05) is 0 Å². The van der Waals surface area contributed by atoms with Crippen molar-refractivity contribution in [2.75, 3.05) is 5.73 Å². The van der Waals surface area contributed by atoms with Crippen molar-refractivity contribution in [1.29, 1.82) is 0 Å². The van der Waals surface area contributed by atoms with E-state index in [1.165, 1.54) is 12.1 Å². The molecule has 0 radical (unpaired) electrons. The third-order valence-electron chi connectivity index (χ3n) is 2.49. The number of carbonyl (C=O) groups is 1. The predicted octanol–water partition coefficient (Wildman–Crippen LogP) is 1.91. The summed E-state index contributed by atoms with van der Waals surface area (Å²) in [7, 11) is 0. The van der Waals surface area contributed by atoms with Gasteiger partial charge >= 0.3 is 5.97 Å². The highest BCUT2D eigenvalue weighted by Crippen LogP contribution is 2.26. The molecule has 16 heavy (non-hydrogen) atoms. The van der Waals surface area contributed by atoms with Gasteiger partial charge in [0.2, 0.25) is 0 Å². The van der Waals surface area contributed by atoms with Gasteiger partial charge in [-0.25, -0.2) is 4.39 Å². The summed E-state index contributed by atoms with van der Waals surface area (Å²) in [6.07, 6.45) is 0.349. The van der Waals surface area contributed by atoms with E-state index in [0.29, 0.717) is 17.8 Å². The Morgan fingerprint density at radius 2 is 2.25 bits per heavy atom. The number of aromatic amines is 1. The third-order valence-corrected chi connectivity index (χ3v) is 2.49. The summed E-state index contributed by atoms with van der Waals surface area (Å²) >= 11 is 0. The third kappa shape index (κ3) is 1.84. The lowest BCUT2D eigenvalue weighted by Crippen LogP contribution is -1.99. The van der Waals surface area contributed by atoms with E-state index in [-0.39, 0.29) is 12.2 Å². The number of aryl methyl sites for hydroxylation is 1. The van der Waals surface area contributed by atoms with Crippen LogP contribution in [0.5, 0.6) is 0 Å². The normalized spacial score (nSPS) is 10.8. The first-order valence-corrected chi connectivity index (χ1v) is 4.85. The average Bonchev–Trinajstić information content (AvgIpc) is 2.50. The van der Waals surface area contributed by atoms with Gasteiger partial charge in [0.05, 0.1) is 5.52 Å². The number of nitrogen functional groups attached to an aromatic ring is 1. The molecule has 0 fully saturated rings. The lowest BCUT2D eigenvalue weighted by molar-refractivity contribution is -0.136. The van der Waals surface area contributed by atoms with Crippen LogP contribution in [0.2, 0.25) is 0 Å². The number of H-pyrrole nitrogens is 1. The molecule has 0 bridgehead atoms. The second-order valence-corrected chi connectivity index (χ2v) is 3.60. The molecule has 84 valence electrons. The standard InChI is InChI=1S/C11H11FN2O2/c12-6-1-2-7-8(3-4-10(15)16)11(13)14-9(7)5-6/h1-2,5,14H,3-4,13H2,(H,15,16). The zero-order valence-electron chi connectivity index (χ0n) is 8.46. The Bertz CT molecular complexity index is 548. The Morgan fingerprint density at radius 1 is 1.50 bits per heavy atom. The average molecular weight is 222 g/mol. The second kappa shape index (κ2) is 3.84. The summed E-state index contributed by atoms with van der Waals surface area (Å²) in [5.74, 6) is -0.823. The molecule has 1 aromatic heterocycles. The summed E-state index contributed by atoms with van der Waals surface area (Å²) in [5.41, 5.74) is 7.05. The SMILES string of the molecule is Nc1[nH]c2cc(F)ccc2c1CCC(=O)O. The van der Waals surface area contributed by atoms with Gasteiger partial charge in [0.25, 0.3) is 0 Å². The molecule has 4 nitrogen and oxygen atoms in total. The number of anilines is 1. The first-order valence-electron chi connectivity index (χ1n) is 4.85. The van der Waals surface area contributed by atoms with Crippen molar-refractivity contribution in [3.63, 3.8) is 0 Å². The van der Waals surface area contributed by atoms with E-state index in [1.54, 1.807) is 6.07 Å². The number of nitrogens with one attached hydrogen (secondary N) is 1. The summed E-state index contributed by atoms with van der Waals surface area (Å²) in [6.45, 7) is 0. The van der Waals surface area contributed by atoms with Crippen molar-refractivity contribution in [2.24, 2.45) is 0 Å². The molecule has 0 unspecified atom stereocenters. The highest BCUT2D eigenvalue weighted by molar-refractivity contribution is 5.88. The number of carboxylic acids is 1. The van der Waals surface area contributed by atoms with Crippen LogP contribution in [-0.2, 0) is 11.2 Å².